The molecule has 3 N–H and O–H groups in total. The molecule has 0 unspecified atom stereocenters. The zero-order valence-corrected chi connectivity index (χ0v) is 15.4. The highest BCUT2D eigenvalue weighted by atomic mass is 32.2. The van der Waals surface area contributed by atoms with Crippen molar-refractivity contribution in [2.45, 2.75) is 31.1 Å². The van der Waals surface area contributed by atoms with E-state index in [2.05, 4.69) is 0 Å². The van der Waals surface area contributed by atoms with Gasteiger partial charge in [0.25, 0.3) is 0 Å². The summed E-state index contributed by atoms with van der Waals surface area (Å²) >= 11 is 0. The summed E-state index contributed by atoms with van der Waals surface area (Å²) in [5.41, 5.74) is 3.20. The zero-order valence-electron chi connectivity index (χ0n) is 14.6. The molecular formula is C19H22N2O4S. The SMILES string of the molecule is Cc1ccc(Cc2c(N3CCCC3)cc(C(=O)O)cc2S(N)(=O)=O)cc1. The van der Waals surface area contributed by atoms with Gasteiger partial charge in [-0.05, 0) is 43.0 Å². The molecule has 0 atom stereocenters. The number of hydrogen-bond donors (Lipinski definition) is 2. The van der Waals surface area contributed by atoms with E-state index in [1.165, 1.54) is 6.07 Å². The van der Waals surface area contributed by atoms with Gasteiger partial charge in [0.15, 0.2) is 0 Å². The molecule has 0 radical (unpaired) electrons. The summed E-state index contributed by atoms with van der Waals surface area (Å²) in [7, 11) is -4.06. The molecule has 0 spiro atoms. The first-order chi connectivity index (χ1) is 12.3. The van der Waals surface area contributed by atoms with Gasteiger partial charge in [0.1, 0.15) is 0 Å². The molecule has 1 saturated heterocycles. The summed E-state index contributed by atoms with van der Waals surface area (Å²) in [4.78, 5) is 13.4. The smallest absolute Gasteiger partial charge is 0.335 e. The number of anilines is 1. The van der Waals surface area contributed by atoms with Crippen molar-refractivity contribution in [3.05, 3.63) is 58.7 Å². The number of benzene rings is 2. The van der Waals surface area contributed by atoms with Crippen LogP contribution in [0.2, 0.25) is 0 Å². The van der Waals surface area contributed by atoms with E-state index >= 15 is 0 Å². The Morgan fingerprint density at radius 1 is 1.15 bits per heavy atom. The van der Waals surface area contributed by atoms with E-state index in [9.17, 15) is 18.3 Å². The lowest BCUT2D eigenvalue weighted by atomic mass is 9.99. The first kappa shape index (κ1) is 18.4. The lowest BCUT2D eigenvalue weighted by molar-refractivity contribution is 0.0696. The van der Waals surface area contributed by atoms with Gasteiger partial charge in [-0.3, -0.25) is 0 Å². The van der Waals surface area contributed by atoms with E-state index in [0.29, 0.717) is 17.7 Å². The third kappa shape index (κ3) is 3.89. The maximum atomic E-state index is 12.2. The fourth-order valence-corrected chi connectivity index (χ4v) is 4.15. The van der Waals surface area contributed by atoms with Crippen molar-refractivity contribution in [3.8, 4) is 0 Å². The van der Waals surface area contributed by atoms with Crippen LogP contribution in [0.3, 0.4) is 0 Å². The number of hydrogen-bond acceptors (Lipinski definition) is 4. The van der Waals surface area contributed by atoms with Crippen LogP contribution in [0, 0.1) is 6.92 Å². The van der Waals surface area contributed by atoms with E-state index in [-0.39, 0.29) is 10.5 Å². The molecule has 2 aromatic carbocycles. The summed E-state index contributed by atoms with van der Waals surface area (Å²) in [6, 6.07) is 10.6. The first-order valence-corrected chi connectivity index (χ1v) is 10.0. The van der Waals surface area contributed by atoms with E-state index in [4.69, 9.17) is 5.14 Å². The minimum absolute atomic E-state index is 0.0661. The van der Waals surface area contributed by atoms with Crippen molar-refractivity contribution in [1.82, 2.24) is 0 Å². The molecule has 0 aliphatic carbocycles. The van der Waals surface area contributed by atoms with Crippen LogP contribution in [0.25, 0.3) is 0 Å². The maximum Gasteiger partial charge on any atom is 0.335 e. The van der Waals surface area contributed by atoms with Crippen LogP contribution < -0.4 is 10.0 Å². The van der Waals surface area contributed by atoms with E-state index in [1.807, 2.05) is 36.1 Å². The predicted octanol–water partition coefficient (Wildman–Crippen LogP) is 2.53. The Bertz CT molecular complexity index is 931. The van der Waals surface area contributed by atoms with Crippen molar-refractivity contribution in [1.29, 1.82) is 0 Å². The summed E-state index contributed by atoms with van der Waals surface area (Å²) in [5, 5.41) is 14.8. The average Bonchev–Trinajstić information content (AvgIpc) is 3.10. The maximum absolute atomic E-state index is 12.2. The van der Waals surface area contributed by atoms with Crippen LogP contribution in [0.15, 0.2) is 41.3 Å². The summed E-state index contributed by atoms with van der Waals surface area (Å²) in [6.07, 6.45) is 2.36. The van der Waals surface area contributed by atoms with Crippen molar-refractivity contribution < 1.29 is 18.3 Å². The second-order valence-corrected chi connectivity index (χ2v) is 8.21. The first-order valence-electron chi connectivity index (χ1n) is 8.49. The van der Waals surface area contributed by atoms with Gasteiger partial charge < -0.3 is 10.0 Å². The molecular weight excluding hydrogens is 352 g/mol. The Morgan fingerprint density at radius 2 is 1.77 bits per heavy atom. The van der Waals surface area contributed by atoms with Gasteiger partial charge in [-0.1, -0.05) is 29.8 Å². The molecule has 138 valence electrons. The lowest BCUT2D eigenvalue weighted by Gasteiger charge is -2.24. The molecule has 3 rings (SSSR count). The molecule has 1 aliphatic heterocycles. The number of aryl methyl sites for hydroxylation is 1. The van der Waals surface area contributed by atoms with E-state index in [0.717, 1.165) is 37.1 Å². The van der Waals surface area contributed by atoms with Gasteiger partial charge in [0.05, 0.1) is 10.5 Å². The molecule has 0 amide bonds. The number of carbonyl (C=O) groups is 1. The molecule has 1 fully saturated rings. The van der Waals surface area contributed by atoms with Crippen LogP contribution in [-0.4, -0.2) is 32.6 Å². The number of nitrogens with zero attached hydrogens (tertiary/aromatic N) is 1. The molecule has 0 aromatic heterocycles. The van der Waals surface area contributed by atoms with Gasteiger partial charge >= 0.3 is 5.97 Å². The lowest BCUT2D eigenvalue weighted by Crippen LogP contribution is -2.23. The minimum atomic E-state index is -4.06. The molecule has 1 heterocycles. The molecule has 6 nitrogen and oxygen atoms in total. The number of aromatic carboxylic acids is 1. The van der Waals surface area contributed by atoms with Gasteiger partial charge in [-0.25, -0.2) is 18.4 Å². The van der Waals surface area contributed by atoms with Gasteiger partial charge in [0, 0.05) is 25.2 Å². The monoisotopic (exact) mass is 374 g/mol. The fraction of sp³-hybridized carbons (Fsp3) is 0.316. The van der Waals surface area contributed by atoms with Gasteiger partial charge in [0.2, 0.25) is 10.0 Å². The molecule has 26 heavy (non-hydrogen) atoms. The summed E-state index contributed by atoms with van der Waals surface area (Å²) in [6.45, 7) is 3.53. The van der Waals surface area contributed by atoms with Crippen LogP contribution in [0.5, 0.6) is 0 Å². The van der Waals surface area contributed by atoms with E-state index in [1.54, 1.807) is 6.07 Å². The van der Waals surface area contributed by atoms with E-state index < -0.39 is 16.0 Å². The van der Waals surface area contributed by atoms with Crippen LogP contribution in [0.4, 0.5) is 5.69 Å². The average molecular weight is 374 g/mol. The van der Waals surface area contributed by atoms with Crippen LogP contribution in [0.1, 0.15) is 39.9 Å². The largest absolute Gasteiger partial charge is 0.478 e. The summed E-state index contributed by atoms with van der Waals surface area (Å²) in [5.74, 6) is -1.17. The predicted molar refractivity (Wildman–Crippen MR) is 100 cm³/mol. The number of carboxylic acids is 1. The highest BCUT2D eigenvalue weighted by Gasteiger charge is 2.25. The highest BCUT2D eigenvalue weighted by Crippen LogP contribution is 2.33. The van der Waals surface area contributed by atoms with Crippen molar-refractivity contribution in [2.75, 3.05) is 18.0 Å². The molecule has 2 aromatic rings. The number of primary sulfonamides is 1. The normalized spacial score (nSPS) is 14.6. The summed E-state index contributed by atoms with van der Waals surface area (Å²) < 4.78 is 24.4. The van der Waals surface area contributed by atoms with Crippen molar-refractivity contribution in [3.63, 3.8) is 0 Å². The number of sulfonamides is 1. The second-order valence-electron chi connectivity index (χ2n) is 6.68. The molecule has 0 saturated carbocycles. The van der Waals surface area contributed by atoms with Crippen molar-refractivity contribution in [2.24, 2.45) is 5.14 Å². The molecule has 7 heteroatoms. The van der Waals surface area contributed by atoms with Crippen LogP contribution in [-0.2, 0) is 16.4 Å². The Labute approximate surface area is 153 Å². The number of rotatable bonds is 5. The standard InChI is InChI=1S/C19H22N2O4S/c1-13-4-6-14(7-5-13)10-16-17(21-8-2-3-9-21)11-15(19(22)23)12-18(16)26(20,24)25/h4-7,11-12H,2-3,8-10H2,1H3,(H,22,23)(H2,20,24,25). The number of carboxylic acid groups (broad SMARTS) is 1. The Morgan fingerprint density at radius 3 is 2.31 bits per heavy atom. The van der Waals surface area contributed by atoms with Gasteiger partial charge in [-0.2, -0.15) is 0 Å². The third-order valence-electron chi connectivity index (χ3n) is 4.69. The van der Waals surface area contributed by atoms with Crippen LogP contribution >= 0.6 is 0 Å². The Balaban J connectivity index is 2.20. The Kier molecular flexibility index (Phi) is 5.02. The third-order valence-corrected chi connectivity index (χ3v) is 5.66. The second kappa shape index (κ2) is 7.09. The zero-order chi connectivity index (χ0) is 18.9. The van der Waals surface area contributed by atoms with Gasteiger partial charge in [-0.15, -0.1) is 0 Å². The Hall–Kier alpha value is -2.38. The quantitative estimate of drug-likeness (QED) is 0.837. The minimum Gasteiger partial charge on any atom is -0.478 e. The van der Waals surface area contributed by atoms with Crippen molar-refractivity contribution >= 4 is 21.7 Å². The highest BCUT2D eigenvalue weighted by molar-refractivity contribution is 7.89. The fourth-order valence-electron chi connectivity index (χ4n) is 3.34. The molecule has 1 aliphatic rings. The topological polar surface area (TPSA) is 101 Å². The molecule has 0 bridgehead atoms. The number of nitrogens with two attached hydrogens (primary N) is 1.